The Hall–Kier alpha value is -1.25. The van der Waals surface area contributed by atoms with E-state index in [1.54, 1.807) is 0 Å². The molecule has 1 aliphatic rings. The molecule has 3 nitrogen and oxygen atoms in total. The van der Waals surface area contributed by atoms with Crippen molar-refractivity contribution in [3.05, 3.63) is 23.5 Å². The highest BCUT2D eigenvalue weighted by molar-refractivity contribution is 5.95. The molecule has 1 heterocycles. The molecule has 1 fully saturated rings. The van der Waals surface area contributed by atoms with Crippen LogP contribution in [0.25, 0.3) is 0 Å². The van der Waals surface area contributed by atoms with Crippen molar-refractivity contribution in [3.8, 4) is 0 Å². The Morgan fingerprint density at radius 1 is 1.31 bits per heavy atom. The van der Waals surface area contributed by atoms with Gasteiger partial charge in [-0.1, -0.05) is 25.7 Å². The van der Waals surface area contributed by atoms with Crippen LogP contribution >= 0.6 is 0 Å². The van der Waals surface area contributed by atoms with E-state index < -0.39 is 0 Å². The quantitative estimate of drug-likeness (QED) is 0.740. The van der Waals surface area contributed by atoms with Crippen LogP contribution < -0.4 is 5.32 Å². The highest BCUT2D eigenvalue weighted by atomic mass is 16.1. The lowest BCUT2D eigenvalue weighted by molar-refractivity contribution is 0.0933. The lowest BCUT2D eigenvalue weighted by Gasteiger charge is -2.15. The summed E-state index contributed by atoms with van der Waals surface area (Å²) >= 11 is 0. The fourth-order valence-electron chi connectivity index (χ4n) is 2.39. The second-order valence-corrected chi connectivity index (χ2v) is 4.68. The number of carbonyl (C=O) groups excluding carboxylic acids is 1. The van der Waals surface area contributed by atoms with Crippen molar-refractivity contribution in [2.24, 2.45) is 0 Å². The first-order valence-electron chi connectivity index (χ1n) is 6.22. The molecule has 0 atom stereocenters. The summed E-state index contributed by atoms with van der Waals surface area (Å²) in [6.07, 6.45) is 9.21. The summed E-state index contributed by atoms with van der Waals surface area (Å²) in [6, 6.07) is 2.23. The SMILES string of the molecule is Cc1[nH]ccc1C(=O)NC1CCCCCC1. The van der Waals surface area contributed by atoms with Gasteiger partial charge in [0, 0.05) is 17.9 Å². The highest BCUT2D eigenvalue weighted by Gasteiger charge is 2.16. The maximum absolute atomic E-state index is 12.0. The minimum atomic E-state index is 0.0747. The minimum absolute atomic E-state index is 0.0747. The van der Waals surface area contributed by atoms with Crippen LogP contribution in [0.15, 0.2) is 12.3 Å². The van der Waals surface area contributed by atoms with Gasteiger partial charge in [-0.15, -0.1) is 0 Å². The minimum Gasteiger partial charge on any atom is -0.365 e. The number of aryl methyl sites for hydroxylation is 1. The Labute approximate surface area is 96.6 Å². The summed E-state index contributed by atoms with van der Waals surface area (Å²) in [5.41, 5.74) is 1.73. The van der Waals surface area contributed by atoms with Gasteiger partial charge in [0.15, 0.2) is 0 Å². The van der Waals surface area contributed by atoms with Gasteiger partial charge in [-0.2, -0.15) is 0 Å². The van der Waals surface area contributed by atoms with E-state index in [9.17, 15) is 4.79 Å². The second-order valence-electron chi connectivity index (χ2n) is 4.68. The molecule has 0 spiro atoms. The Bertz CT molecular complexity index is 349. The molecular formula is C13H20N2O. The van der Waals surface area contributed by atoms with Crippen LogP contribution in [0.5, 0.6) is 0 Å². The van der Waals surface area contributed by atoms with Gasteiger partial charge in [0.05, 0.1) is 5.56 Å². The lowest BCUT2D eigenvalue weighted by atomic mass is 10.1. The van der Waals surface area contributed by atoms with Crippen molar-refractivity contribution >= 4 is 5.91 Å². The van der Waals surface area contributed by atoms with Crippen molar-refractivity contribution in [3.63, 3.8) is 0 Å². The normalized spacial score (nSPS) is 18.1. The molecular weight excluding hydrogens is 200 g/mol. The van der Waals surface area contributed by atoms with Gasteiger partial charge >= 0.3 is 0 Å². The molecule has 88 valence electrons. The average Bonchev–Trinajstić information content (AvgIpc) is 2.53. The van der Waals surface area contributed by atoms with Crippen molar-refractivity contribution < 1.29 is 4.79 Å². The number of rotatable bonds is 2. The van der Waals surface area contributed by atoms with Gasteiger partial charge in [-0.3, -0.25) is 4.79 Å². The molecule has 1 aromatic heterocycles. The summed E-state index contributed by atoms with van der Waals surface area (Å²) in [7, 11) is 0. The van der Waals surface area contributed by atoms with Gasteiger partial charge in [0.1, 0.15) is 0 Å². The summed E-state index contributed by atoms with van der Waals surface area (Å²) in [5, 5.41) is 3.14. The Kier molecular flexibility index (Phi) is 3.65. The zero-order valence-corrected chi connectivity index (χ0v) is 9.88. The van der Waals surface area contributed by atoms with Crippen LogP contribution in [-0.4, -0.2) is 16.9 Å². The third kappa shape index (κ3) is 2.65. The number of H-pyrrole nitrogens is 1. The zero-order chi connectivity index (χ0) is 11.4. The number of nitrogens with one attached hydrogen (secondary N) is 2. The van der Waals surface area contributed by atoms with Gasteiger partial charge in [0.25, 0.3) is 5.91 Å². The third-order valence-electron chi connectivity index (χ3n) is 3.39. The van der Waals surface area contributed by atoms with Crippen LogP contribution in [0.4, 0.5) is 0 Å². The summed E-state index contributed by atoms with van der Waals surface area (Å²) in [4.78, 5) is 15.0. The van der Waals surface area contributed by atoms with Crippen molar-refractivity contribution in [2.75, 3.05) is 0 Å². The second kappa shape index (κ2) is 5.19. The highest BCUT2D eigenvalue weighted by Crippen LogP contribution is 2.17. The van der Waals surface area contributed by atoms with Gasteiger partial charge in [-0.25, -0.2) is 0 Å². The summed E-state index contributed by atoms with van der Waals surface area (Å²) in [6.45, 7) is 1.93. The van der Waals surface area contributed by atoms with E-state index in [1.165, 1.54) is 25.7 Å². The van der Waals surface area contributed by atoms with Crippen molar-refractivity contribution in [1.82, 2.24) is 10.3 Å². The van der Waals surface area contributed by atoms with Gasteiger partial charge < -0.3 is 10.3 Å². The number of carbonyl (C=O) groups is 1. The van der Waals surface area contributed by atoms with E-state index >= 15 is 0 Å². The molecule has 1 saturated carbocycles. The fraction of sp³-hybridized carbons (Fsp3) is 0.615. The van der Waals surface area contributed by atoms with Crippen molar-refractivity contribution in [1.29, 1.82) is 0 Å². The largest absolute Gasteiger partial charge is 0.365 e. The number of hydrogen-bond acceptors (Lipinski definition) is 1. The number of aromatic amines is 1. The molecule has 0 unspecified atom stereocenters. The molecule has 2 N–H and O–H groups in total. The van der Waals surface area contributed by atoms with Gasteiger partial charge in [-0.05, 0) is 25.8 Å². The Morgan fingerprint density at radius 3 is 2.56 bits per heavy atom. The predicted octanol–water partition coefficient (Wildman–Crippen LogP) is 2.78. The number of aromatic nitrogens is 1. The maximum Gasteiger partial charge on any atom is 0.253 e. The molecule has 2 rings (SSSR count). The monoisotopic (exact) mass is 220 g/mol. The molecule has 1 aliphatic carbocycles. The van der Waals surface area contributed by atoms with Crippen molar-refractivity contribution in [2.45, 2.75) is 51.5 Å². The molecule has 0 aliphatic heterocycles. The molecule has 1 amide bonds. The van der Waals surface area contributed by atoms with E-state index in [2.05, 4.69) is 10.3 Å². The van der Waals surface area contributed by atoms with Crippen LogP contribution in [0.3, 0.4) is 0 Å². The van der Waals surface area contributed by atoms with Crippen LogP contribution in [0.1, 0.15) is 54.6 Å². The molecule has 0 bridgehead atoms. The van der Waals surface area contributed by atoms with Crippen LogP contribution in [0, 0.1) is 6.92 Å². The first-order valence-corrected chi connectivity index (χ1v) is 6.22. The Balaban J connectivity index is 1.93. The van der Waals surface area contributed by atoms with E-state index in [-0.39, 0.29) is 5.91 Å². The van der Waals surface area contributed by atoms with Crippen LogP contribution in [0.2, 0.25) is 0 Å². The molecule has 0 saturated heterocycles. The van der Waals surface area contributed by atoms with E-state index in [0.29, 0.717) is 6.04 Å². The fourth-order valence-corrected chi connectivity index (χ4v) is 2.39. The van der Waals surface area contributed by atoms with Crippen LogP contribution in [-0.2, 0) is 0 Å². The molecule has 1 aromatic rings. The standard InChI is InChI=1S/C13H20N2O/c1-10-12(8-9-14-10)13(16)15-11-6-4-2-3-5-7-11/h8-9,11,14H,2-7H2,1H3,(H,15,16). The Morgan fingerprint density at radius 2 is 2.00 bits per heavy atom. The van der Waals surface area contributed by atoms with E-state index in [4.69, 9.17) is 0 Å². The first-order chi connectivity index (χ1) is 7.77. The third-order valence-corrected chi connectivity index (χ3v) is 3.39. The zero-order valence-electron chi connectivity index (χ0n) is 9.88. The van der Waals surface area contributed by atoms with E-state index in [0.717, 1.165) is 24.1 Å². The maximum atomic E-state index is 12.0. The molecule has 0 aromatic carbocycles. The summed E-state index contributed by atoms with van der Waals surface area (Å²) in [5.74, 6) is 0.0747. The predicted molar refractivity (Wildman–Crippen MR) is 64.5 cm³/mol. The van der Waals surface area contributed by atoms with E-state index in [1.807, 2.05) is 19.2 Å². The smallest absolute Gasteiger partial charge is 0.253 e. The number of amides is 1. The summed E-state index contributed by atoms with van der Waals surface area (Å²) < 4.78 is 0. The molecule has 16 heavy (non-hydrogen) atoms. The van der Waals surface area contributed by atoms with Gasteiger partial charge in [0.2, 0.25) is 0 Å². The lowest BCUT2D eigenvalue weighted by Crippen LogP contribution is -2.34. The number of hydrogen-bond donors (Lipinski definition) is 2. The first kappa shape index (κ1) is 11.2. The molecule has 0 radical (unpaired) electrons. The molecule has 3 heteroatoms. The topological polar surface area (TPSA) is 44.9 Å². The average molecular weight is 220 g/mol.